The number of carbonyl (C=O) groups excluding carboxylic acids is 3. The molecule has 1 aliphatic carbocycles. The molecule has 9 heteroatoms. The van der Waals surface area contributed by atoms with Gasteiger partial charge in [0.15, 0.2) is 0 Å². The number of amides is 3. The van der Waals surface area contributed by atoms with Crippen LogP contribution in [0.3, 0.4) is 0 Å². The Kier molecular flexibility index (Phi) is 5.80. The van der Waals surface area contributed by atoms with Crippen molar-refractivity contribution in [2.75, 3.05) is 6.54 Å². The largest absolute Gasteiger partial charge is 0.324 e. The first-order valence-electron chi connectivity index (χ1n) is 10.5. The van der Waals surface area contributed by atoms with Crippen LogP contribution in [0.5, 0.6) is 0 Å². The highest BCUT2D eigenvalue weighted by Gasteiger charge is 2.61. The second kappa shape index (κ2) is 8.51. The molecule has 1 saturated carbocycles. The van der Waals surface area contributed by atoms with Crippen molar-refractivity contribution in [3.63, 3.8) is 0 Å². The van der Waals surface area contributed by atoms with Gasteiger partial charge in [0.2, 0.25) is 12.3 Å². The summed E-state index contributed by atoms with van der Waals surface area (Å²) in [5.74, 6) is 4.40. The van der Waals surface area contributed by atoms with Crippen LogP contribution in [0.1, 0.15) is 44.1 Å². The van der Waals surface area contributed by atoms with Gasteiger partial charge in [-0.2, -0.15) is 0 Å². The van der Waals surface area contributed by atoms with E-state index in [1.54, 1.807) is 4.90 Å². The van der Waals surface area contributed by atoms with Crippen LogP contribution in [-0.2, 0) is 25.8 Å². The second-order valence-electron chi connectivity index (χ2n) is 8.41. The van der Waals surface area contributed by atoms with E-state index < -0.39 is 17.9 Å². The molecule has 4 atom stereocenters. The molecule has 1 spiro atoms. The summed E-state index contributed by atoms with van der Waals surface area (Å²) in [5.41, 5.74) is 0.668. The van der Waals surface area contributed by atoms with Gasteiger partial charge in [-0.25, -0.2) is 5.06 Å². The highest BCUT2D eigenvalue weighted by molar-refractivity contribution is 5.91. The average molecular weight is 413 g/mol. The third-order valence-electron chi connectivity index (χ3n) is 6.92. The number of hydroxylamine groups is 2. The maximum Gasteiger partial charge on any atom is 0.288 e. The molecular formula is C21H27N5O4. The molecule has 160 valence electrons. The minimum Gasteiger partial charge on any atom is -0.324 e. The molecule has 2 aliphatic heterocycles. The molecule has 2 unspecified atom stereocenters. The average Bonchev–Trinajstić information content (AvgIpc) is 3.35. The van der Waals surface area contributed by atoms with Gasteiger partial charge in [0.05, 0.1) is 12.5 Å². The Hall–Kier alpha value is -2.81. The van der Waals surface area contributed by atoms with Crippen LogP contribution in [0.4, 0.5) is 0 Å². The fraction of sp³-hybridized carbons (Fsp3) is 0.571. The van der Waals surface area contributed by atoms with Crippen molar-refractivity contribution >= 4 is 18.2 Å². The number of rotatable bonds is 7. The van der Waals surface area contributed by atoms with Crippen LogP contribution in [-0.4, -0.2) is 46.3 Å². The lowest BCUT2D eigenvalue weighted by molar-refractivity contribution is -0.187. The molecule has 0 aromatic heterocycles. The lowest BCUT2D eigenvalue weighted by Gasteiger charge is -2.49. The first-order valence-corrected chi connectivity index (χ1v) is 10.5. The van der Waals surface area contributed by atoms with Crippen molar-refractivity contribution in [2.45, 2.75) is 56.7 Å². The van der Waals surface area contributed by atoms with Crippen LogP contribution in [0, 0.1) is 11.8 Å². The van der Waals surface area contributed by atoms with E-state index in [0.29, 0.717) is 25.2 Å². The van der Waals surface area contributed by atoms with Gasteiger partial charge in [-0.3, -0.25) is 19.2 Å². The van der Waals surface area contributed by atoms with Crippen LogP contribution in [0.15, 0.2) is 40.7 Å². The molecule has 3 amide bonds. The first-order chi connectivity index (χ1) is 14.6. The Labute approximate surface area is 175 Å². The van der Waals surface area contributed by atoms with Crippen LogP contribution in [0.2, 0.25) is 0 Å². The molecule has 2 heterocycles. The lowest BCUT2D eigenvalue weighted by Crippen LogP contribution is -2.61. The van der Waals surface area contributed by atoms with Crippen LogP contribution >= 0.6 is 0 Å². The second-order valence-corrected chi connectivity index (χ2v) is 8.41. The zero-order chi connectivity index (χ0) is 21.1. The van der Waals surface area contributed by atoms with Crippen molar-refractivity contribution in [1.82, 2.24) is 9.96 Å². The molecule has 30 heavy (non-hydrogen) atoms. The number of hydrogen-bond donors (Lipinski definition) is 1. The molecule has 1 aromatic carbocycles. The van der Waals surface area contributed by atoms with Crippen molar-refractivity contribution < 1.29 is 19.2 Å². The van der Waals surface area contributed by atoms with Gasteiger partial charge >= 0.3 is 0 Å². The molecule has 1 aromatic rings. The van der Waals surface area contributed by atoms with E-state index in [2.05, 4.69) is 10.3 Å². The summed E-state index contributed by atoms with van der Waals surface area (Å²) in [5, 5.41) is 7.81. The summed E-state index contributed by atoms with van der Waals surface area (Å²) >= 11 is 0. The maximum absolute atomic E-state index is 13.5. The summed E-state index contributed by atoms with van der Waals surface area (Å²) in [4.78, 5) is 44.9. The quantitative estimate of drug-likeness (QED) is 0.317. The van der Waals surface area contributed by atoms with Gasteiger partial charge in [-0.15, -0.1) is 0 Å². The van der Waals surface area contributed by atoms with Crippen molar-refractivity contribution in [3.8, 4) is 0 Å². The zero-order valence-electron chi connectivity index (χ0n) is 16.9. The van der Waals surface area contributed by atoms with Crippen molar-refractivity contribution in [3.05, 3.63) is 35.9 Å². The predicted molar refractivity (Wildman–Crippen MR) is 106 cm³/mol. The topological polar surface area (TPSA) is 118 Å². The molecular weight excluding hydrogens is 386 g/mol. The zero-order valence-corrected chi connectivity index (χ0v) is 16.9. The highest BCUT2D eigenvalue weighted by Crippen LogP contribution is 2.55. The SMILES string of the molecule is NN=NC(=O)[C@@H]1CCC23CCCC2C[C@H](CN(C=O)OCc2ccccc2)C(=O)N13. The molecule has 3 aliphatic rings. The van der Waals surface area contributed by atoms with E-state index in [1.165, 1.54) is 5.06 Å². The van der Waals surface area contributed by atoms with Crippen LogP contribution < -0.4 is 5.84 Å². The summed E-state index contributed by atoms with van der Waals surface area (Å²) < 4.78 is 0. The summed E-state index contributed by atoms with van der Waals surface area (Å²) in [7, 11) is 0. The highest BCUT2D eigenvalue weighted by atomic mass is 16.7. The lowest BCUT2D eigenvalue weighted by atomic mass is 9.74. The van der Waals surface area contributed by atoms with Gasteiger partial charge in [0.25, 0.3) is 5.91 Å². The molecule has 0 bridgehead atoms. The summed E-state index contributed by atoms with van der Waals surface area (Å²) in [6.45, 7) is 0.410. The third-order valence-corrected chi connectivity index (χ3v) is 6.92. The maximum atomic E-state index is 13.5. The van der Waals surface area contributed by atoms with Crippen LogP contribution in [0.25, 0.3) is 0 Å². The van der Waals surface area contributed by atoms with E-state index in [1.807, 2.05) is 30.3 Å². The monoisotopic (exact) mass is 413 g/mol. The number of piperidine rings is 1. The number of nitrogens with two attached hydrogens (primary N) is 1. The molecule has 4 rings (SSSR count). The minimum atomic E-state index is -0.622. The Morgan fingerprint density at radius 2 is 2.10 bits per heavy atom. The first kappa shape index (κ1) is 20.5. The molecule has 9 nitrogen and oxygen atoms in total. The standard InChI is InChI=1S/C21H27N5O4/c22-24-23-19(28)18-8-10-21-9-4-7-17(21)11-16(20(29)26(18)21)12-25(14-27)30-13-15-5-2-1-3-6-15/h1-3,5-6,14,16-18H,4,7-13H2,(H2,22,23,28)/t16-,17?,18+,21?/m1/s1. The van der Waals surface area contributed by atoms with E-state index >= 15 is 0 Å². The fourth-order valence-electron chi connectivity index (χ4n) is 5.66. The summed E-state index contributed by atoms with van der Waals surface area (Å²) in [6.07, 6.45) is 5.65. The molecule has 2 N–H and O–H groups in total. The Balaban J connectivity index is 1.49. The smallest absolute Gasteiger partial charge is 0.288 e. The molecule has 0 radical (unpaired) electrons. The van der Waals surface area contributed by atoms with Gasteiger partial charge in [0, 0.05) is 5.54 Å². The van der Waals surface area contributed by atoms with E-state index in [4.69, 9.17) is 10.7 Å². The van der Waals surface area contributed by atoms with E-state index in [-0.39, 0.29) is 24.6 Å². The van der Waals surface area contributed by atoms with E-state index in [9.17, 15) is 14.4 Å². The minimum absolute atomic E-state index is 0.105. The molecule has 3 fully saturated rings. The normalized spacial score (nSPS) is 30.3. The molecule has 2 saturated heterocycles. The number of benzene rings is 1. The van der Waals surface area contributed by atoms with Gasteiger partial charge in [0.1, 0.15) is 12.6 Å². The predicted octanol–water partition coefficient (Wildman–Crippen LogP) is 1.98. The third kappa shape index (κ3) is 3.58. The number of carbonyl (C=O) groups is 3. The number of nitrogens with zero attached hydrogens (tertiary/aromatic N) is 4. The van der Waals surface area contributed by atoms with Gasteiger partial charge in [-0.1, -0.05) is 47.1 Å². The summed E-state index contributed by atoms with van der Waals surface area (Å²) in [6, 6.07) is 8.91. The fourth-order valence-corrected chi connectivity index (χ4v) is 5.66. The Morgan fingerprint density at radius 1 is 1.30 bits per heavy atom. The van der Waals surface area contributed by atoms with Gasteiger partial charge in [-0.05, 0) is 43.6 Å². The Bertz CT molecular complexity index is 832. The van der Waals surface area contributed by atoms with Crippen molar-refractivity contribution in [2.24, 2.45) is 28.0 Å². The van der Waals surface area contributed by atoms with Crippen molar-refractivity contribution in [1.29, 1.82) is 0 Å². The van der Waals surface area contributed by atoms with E-state index in [0.717, 1.165) is 31.2 Å². The number of hydrogen-bond acceptors (Lipinski definition) is 5. The Morgan fingerprint density at radius 3 is 2.83 bits per heavy atom. The van der Waals surface area contributed by atoms with Gasteiger partial charge < -0.3 is 10.7 Å².